The summed E-state index contributed by atoms with van der Waals surface area (Å²) < 4.78 is 40.9. The Labute approximate surface area is 76.6 Å². The lowest BCUT2D eigenvalue weighted by molar-refractivity contribution is -0.156. The Morgan fingerprint density at radius 3 is 2.57 bits per heavy atom. The molecule has 0 amide bonds. The third-order valence-corrected chi connectivity index (χ3v) is 1.64. The third-order valence-electron chi connectivity index (χ3n) is 1.64. The summed E-state index contributed by atoms with van der Waals surface area (Å²) >= 11 is 0. The standard InChI is InChI=1S/C8H5F3N2O/c1-4-2-3-5-6(12-4)13-7(14-5)8(9,10)11/h2-3H,1H3. The molecule has 2 aromatic heterocycles. The average molecular weight is 202 g/mol. The highest BCUT2D eigenvalue weighted by Crippen LogP contribution is 2.30. The molecule has 14 heavy (non-hydrogen) atoms. The quantitative estimate of drug-likeness (QED) is 0.658. The van der Waals surface area contributed by atoms with Crippen molar-refractivity contribution in [1.29, 1.82) is 0 Å². The fraction of sp³-hybridized carbons (Fsp3) is 0.250. The molecular formula is C8H5F3N2O. The van der Waals surface area contributed by atoms with E-state index in [9.17, 15) is 13.2 Å². The highest BCUT2D eigenvalue weighted by atomic mass is 19.4. The van der Waals surface area contributed by atoms with E-state index >= 15 is 0 Å². The third kappa shape index (κ3) is 1.43. The maximum atomic E-state index is 12.1. The van der Waals surface area contributed by atoms with Crippen LogP contribution in [0.3, 0.4) is 0 Å². The SMILES string of the molecule is Cc1ccc2oc(C(F)(F)F)nc2n1. The van der Waals surface area contributed by atoms with E-state index in [-0.39, 0.29) is 11.2 Å². The van der Waals surface area contributed by atoms with Crippen LogP contribution in [0.5, 0.6) is 0 Å². The molecule has 0 saturated carbocycles. The van der Waals surface area contributed by atoms with Crippen LogP contribution in [0.1, 0.15) is 11.6 Å². The molecular weight excluding hydrogens is 197 g/mol. The Balaban J connectivity index is 2.63. The van der Waals surface area contributed by atoms with Crippen LogP contribution in [0, 0.1) is 6.92 Å². The molecule has 6 heteroatoms. The molecule has 0 aliphatic rings. The number of pyridine rings is 1. The maximum Gasteiger partial charge on any atom is 0.469 e. The van der Waals surface area contributed by atoms with Gasteiger partial charge in [-0.25, -0.2) is 4.98 Å². The van der Waals surface area contributed by atoms with Gasteiger partial charge in [0.1, 0.15) is 0 Å². The molecule has 3 nitrogen and oxygen atoms in total. The zero-order valence-electron chi connectivity index (χ0n) is 7.09. The fourth-order valence-corrected chi connectivity index (χ4v) is 1.03. The largest absolute Gasteiger partial charge is 0.469 e. The molecule has 0 radical (unpaired) electrons. The van der Waals surface area contributed by atoms with E-state index in [2.05, 4.69) is 14.4 Å². The first kappa shape index (κ1) is 8.98. The van der Waals surface area contributed by atoms with Gasteiger partial charge < -0.3 is 4.42 Å². The lowest BCUT2D eigenvalue weighted by Crippen LogP contribution is -2.04. The van der Waals surface area contributed by atoms with Crippen molar-refractivity contribution < 1.29 is 17.6 Å². The van der Waals surface area contributed by atoms with Crippen molar-refractivity contribution in [1.82, 2.24) is 9.97 Å². The smallest absolute Gasteiger partial charge is 0.431 e. The molecule has 2 heterocycles. The summed E-state index contributed by atoms with van der Waals surface area (Å²) in [5.74, 6) is -1.26. The van der Waals surface area contributed by atoms with Gasteiger partial charge in [-0.3, -0.25) is 0 Å². The molecule has 0 unspecified atom stereocenters. The van der Waals surface area contributed by atoms with Crippen molar-refractivity contribution in [3.8, 4) is 0 Å². The van der Waals surface area contributed by atoms with E-state index in [0.717, 1.165) is 0 Å². The normalized spacial score (nSPS) is 12.3. The van der Waals surface area contributed by atoms with Gasteiger partial charge in [0.25, 0.3) is 0 Å². The van der Waals surface area contributed by atoms with Gasteiger partial charge in [0, 0.05) is 5.69 Å². The molecule has 0 bridgehead atoms. The minimum atomic E-state index is -4.56. The number of oxazole rings is 1. The summed E-state index contributed by atoms with van der Waals surface area (Å²) in [4.78, 5) is 7.05. The van der Waals surface area contributed by atoms with Gasteiger partial charge in [0.15, 0.2) is 11.2 Å². The van der Waals surface area contributed by atoms with E-state index in [1.54, 1.807) is 13.0 Å². The Kier molecular flexibility index (Phi) is 1.73. The number of aryl methyl sites for hydroxylation is 1. The molecule has 0 aliphatic carbocycles. The zero-order chi connectivity index (χ0) is 10.3. The highest BCUT2D eigenvalue weighted by Gasteiger charge is 2.37. The summed E-state index contributed by atoms with van der Waals surface area (Å²) in [6.45, 7) is 1.67. The van der Waals surface area contributed by atoms with Crippen molar-refractivity contribution in [2.75, 3.05) is 0 Å². The monoisotopic (exact) mass is 202 g/mol. The van der Waals surface area contributed by atoms with Crippen molar-refractivity contribution in [2.45, 2.75) is 13.1 Å². The minimum Gasteiger partial charge on any atom is -0.431 e. The molecule has 2 aromatic rings. The van der Waals surface area contributed by atoms with Gasteiger partial charge >= 0.3 is 12.1 Å². The van der Waals surface area contributed by atoms with Crippen molar-refractivity contribution in [3.63, 3.8) is 0 Å². The van der Waals surface area contributed by atoms with E-state index in [0.29, 0.717) is 5.69 Å². The summed E-state index contributed by atoms with van der Waals surface area (Å²) in [5, 5.41) is 0. The second-order valence-electron chi connectivity index (χ2n) is 2.79. The van der Waals surface area contributed by atoms with Gasteiger partial charge in [-0.1, -0.05) is 0 Å². The molecule has 0 aliphatic heterocycles. The van der Waals surface area contributed by atoms with E-state index in [4.69, 9.17) is 0 Å². The second-order valence-corrected chi connectivity index (χ2v) is 2.79. The summed E-state index contributed by atoms with van der Waals surface area (Å²) in [5.41, 5.74) is 0.625. The van der Waals surface area contributed by atoms with Crippen LogP contribution >= 0.6 is 0 Å². The highest BCUT2D eigenvalue weighted by molar-refractivity contribution is 5.67. The van der Waals surface area contributed by atoms with E-state index < -0.39 is 12.1 Å². The number of halogens is 3. The number of fused-ring (bicyclic) bond motifs is 1. The van der Waals surface area contributed by atoms with Gasteiger partial charge in [-0.05, 0) is 19.1 Å². The average Bonchev–Trinajstić information content (AvgIpc) is 2.45. The summed E-state index contributed by atoms with van der Waals surface area (Å²) in [6.07, 6.45) is -4.56. The first-order valence-electron chi connectivity index (χ1n) is 3.78. The van der Waals surface area contributed by atoms with Crippen LogP contribution in [0.25, 0.3) is 11.2 Å². The summed E-state index contributed by atoms with van der Waals surface area (Å²) in [6, 6.07) is 2.98. The summed E-state index contributed by atoms with van der Waals surface area (Å²) in [7, 11) is 0. The van der Waals surface area contributed by atoms with Crippen LogP contribution < -0.4 is 0 Å². The number of hydrogen-bond acceptors (Lipinski definition) is 3. The Hall–Kier alpha value is -1.59. The number of alkyl halides is 3. The molecule has 0 atom stereocenters. The number of rotatable bonds is 0. The number of aromatic nitrogens is 2. The first-order chi connectivity index (χ1) is 6.47. The molecule has 0 saturated heterocycles. The van der Waals surface area contributed by atoms with Gasteiger partial charge in [0.2, 0.25) is 0 Å². The van der Waals surface area contributed by atoms with Crippen molar-refractivity contribution >= 4 is 11.2 Å². The molecule has 0 aromatic carbocycles. The predicted molar refractivity (Wildman–Crippen MR) is 41.5 cm³/mol. The fourth-order valence-electron chi connectivity index (χ4n) is 1.03. The maximum absolute atomic E-state index is 12.1. The second kappa shape index (κ2) is 2.70. The molecule has 2 rings (SSSR count). The van der Waals surface area contributed by atoms with Gasteiger partial charge in [-0.2, -0.15) is 18.2 Å². The Bertz CT molecular complexity index is 475. The minimum absolute atomic E-state index is 0.0164. The molecule has 74 valence electrons. The molecule has 0 spiro atoms. The van der Waals surface area contributed by atoms with Crippen molar-refractivity contribution in [3.05, 3.63) is 23.7 Å². The number of nitrogens with zero attached hydrogens (tertiary/aromatic N) is 2. The molecule has 0 N–H and O–H groups in total. The number of hydrogen-bond donors (Lipinski definition) is 0. The Morgan fingerprint density at radius 1 is 1.21 bits per heavy atom. The zero-order valence-corrected chi connectivity index (χ0v) is 7.09. The van der Waals surface area contributed by atoms with Crippen LogP contribution in [0.2, 0.25) is 0 Å². The molecule has 0 fully saturated rings. The predicted octanol–water partition coefficient (Wildman–Crippen LogP) is 2.55. The van der Waals surface area contributed by atoms with Crippen LogP contribution in [0.15, 0.2) is 16.5 Å². The lowest BCUT2D eigenvalue weighted by Gasteiger charge is -1.96. The van der Waals surface area contributed by atoms with E-state index in [1.165, 1.54) is 6.07 Å². The van der Waals surface area contributed by atoms with Crippen LogP contribution in [-0.2, 0) is 6.18 Å². The topological polar surface area (TPSA) is 38.9 Å². The van der Waals surface area contributed by atoms with Crippen LogP contribution in [-0.4, -0.2) is 9.97 Å². The first-order valence-corrected chi connectivity index (χ1v) is 3.78. The Morgan fingerprint density at radius 2 is 1.93 bits per heavy atom. The van der Waals surface area contributed by atoms with Gasteiger partial charge in [0.05, 0.1) is 0 Å². The lowest BCUT2D eigenvalue weighted by atomic mass is 10.4. The van der Waals surface area contributed by atoms with Gasteiger partial charge in [-0.15, -0.1) is 0 Å². The van der Waals surface area contributed by atoms with Crippen LogP contribution in [0.4, 0.5) is 13.2 Å². The van der Waals surface area contributed by atoms with E-state index in [1.807, 2.05) is 0 Å². The van der Waals surface area contributed by atoms with Crippen molar-refractivity contribution in [2.24, 2.45) is 0 Å².